The van der Waals surface area contributed by atoms with Crippen LogP contribution in [0.25, 0.3) is 10.9 Å². The molecule has 1 fully saturated rings. The predicted molar refractivity (Wildman–Crippen MR) is 141 cm³/mol. The summed E-state index contributed by atoms with van der Waals surface area (Å²) < 4.78 is 40.4. The minimum atomic E-state index is -3.31. The van der Waals surface area contributed by atoms with Gasteiger partial charge in [0.15, 0.2) is 11.5 Å². The molecule has 37 heavy (non-hydrogen) atoms. The molecule has 0 spiro atoms. The summed E-state index contributed by atoms with van der Waals surface area (Å²) in [7, 11) is 3.72. The van der Waals surface area contributed by atoms with Gasteiger partial charge in [-0.05, 0) is 71.8 Å². The Hall–Kier alpha value is -3.04. The van der Waals surface area contributed by atoms with Crippen LogP contribution in [0.5, 0.6) is 11.5 Å². The van der Waals surface area contributed by atoms with E-state index in [0.717, 1.165) is 24.8 Å². The normalized spacial score (nSPS) is 17.7. The van der Waals surface area contributed by atoms with Crippen molar-refractivity contribution in [2.75, 3.05) is 32.6 Å². The molecule has 0 amide bonds. The van der Waals surface area contributed by atoms with Crippen LogP contribution >= 0.6 is 0 Å². The maximum atomic E-state index is 14.1. The number of alkyl halides is 2. The van der Waals surface area contributed by atoms with Gasteiger partial charge in [0.2, 0.25) is 0 Å². The van der Waals surface area contributed by atoms with E-state index in [1.54, 1.807) is 26.2 Å². The first-order valence-electron chi connectivity index (χ1n) is 12.6. The van der Waals surface area contributed by atoms with Crippen molar-refractivity contribution >= 4 is 16.7 Å². The van der Waals surface area contributed by atoms with E-state index in [1.165, 1.54) is 12.1 Å². The van der Waals surface area contributed by atoms with Gasteiger partial charge in [0.1, 0.15) is 23.9 Å². The molecule has 2 aromatic carbocycles. The van der Waals surface area contributed by atoms with Gasteiger partial charge in [0, 0.05) is 29.1 Å². The Bertz CT molecular complexity index is 1270. The molecule has 2 heterocycles. The minimum Gasteiger partial charge on any atom is -0.493 e. The van der Waals surface area contributed by atoms with Gasteiger partial charge < -0.3 is 19.9 Å². The summed E-state index contributed by atoms with van der Waals surface area (Å²) >= 11 is 0. The molecule has 0 bridgehead atoms. The van der Waals surface area contributed by atoms with Crippen LogP contribution < -0.4 is 14.8 Å². The summed E-state index contributed by atoms with van der Waals surface area (Å²) in [5.41, 5.74) is 0.634. The molecule has 2 N–H and O–H groups in total. The molecular weight excluding hydrogens is 478 g/mol. The van der Waals surface area contributed by atoms with Crippen molar-refractivity contribution in [2.24, 2.45) is 0 Å². The highest BCUT2D eigenvalue weighted by Gasteiger charge is 2.38. The standard InChI is InChI=1S/C28H36F2N4O3/c1-17(19-9-7-10-20(13-19)28(29,30)16-35)31-26-21-14-24(23(36-6)15-22(21)32-18(2)33-26)37-27(3,4)25-11-8-12-34(25)5/h7,9-10,13-15,17,25,35H,8,11-12,16H2,1-6H3,(H,31,32,33)/t17-,25+/m1/s1. The maximum Gasteiger partial charge on any atom is 0.295 e. The molecule has 200 valence electrons. The Kier molecular flexibility index (Phi) is 7.57. The van der Waals surface area contributed by atoms with Crippen LogP contribution in [0, 0.1) is 6.92 Å². The second-order valence-corrected chi connectivity index (χ2v) is 10.3. The summed E-state index contributed by atoms with van der Waals surface area (Å²) in [6.07, 6.45) is 2.19. The first-order chi connectivity index (χ1) is 17.4. The average molecular weight is 515 g/mol. The third-order valence-corrected chi connectivity index (χ3v) is 7.15. The average Bonchev–Trinajstić information content (AvgIpc) is 3.30. The monoisotopic (exact) mass is 514 g/mol. The molecular formula is C28H36F2N4O3. The number of ether oxygens (including phenoxy) is 2. The third kappa shape index (κ3) is 5.62. The van der Waals surface area contributed by atoms with Crippen molar-refractivity contribution in [1.82, 2.24) is 14.9 Å². The summed E-state index contributed by atoms with van der Waals surface area (Å²) in [5, 5.41) is 13.2. The minimum absolute atomic E-state index is 0.232. The summed E-state index contributed by atoms with van der Waals surface area (Å²) in [4.78, 5) is 11.5. The van der Waals surface area contributed by atoms with Crippen LogP contribution in [0.1, 0.15) is 56.6 Å². The van der Waals surface area contributed by atoms with Crippen molar-refractivity contribution in [3.05, 3.63) is 53.3 Å². The zero-order valence-corrected chi connectivity index (χ0v) is 22.3. The number of likely N-dealkylation sites (tertiary alicyclic amines) is 1. The number of nitrogens with one attached hydrogen (secondary N) is 1. The van der Waals surface area contributed by atoms with Crippen molar-refractivity contribution in [3.63, 3.8) is 0 Å². The number of likely N-dealkylation sites (N-methyl/N-ethyl adjacent to an activating group) is 1. The molecule has 0 aliphatic carbocycles. The first-order valence-corrected chi connectivity index (χ1v) is 12.6. The number of hydrogen-bond acceptors (Lipinski definition) is 7. The highest BCUT2D eigenvalue weighted by molar-refractivity contribution is 5.92. The van der Waals surface area contributed by atoms with E-state index < -0.39 is 18.1 Å². The Morgan fingerprint density at radius 2 is 1.95 bits per heavy atom. The van der Waals surface area contributed by atoms with Gasteiger partial charge in [0.05, 0.1) is 12.6 Å². The quantitative estimate of drug-likeness (QED) is 0.393. The van der Waals surface area contributed by atoms with Gasteiger partial charge in [-0.2, -0.15) is 8.78 Å². The molecule has 0 radical (unpaired) electrons. The van der Waals surface area contributed by atoms with Gasteiger partial charge in [-0.3, -0.25) is 4.90 Å². The second kappa shape index (κ2) is 10.4. The van der Waals surface area contributed by atoms with E-state index in [1.807, 2.05) is 19.1 Å². The molecule has 7 nitrogen and oxygen atoms in total. The molecule has 1 saturated heterocycles. The van der Waals surface area contributed by atoms with Gasteiger partial charge in [0.25, 0.3) is 5.92 Å². The molecule has 9 heteroatoms. The number of hydrogen-bond donors (Lipinski definition) is 2. The van der Waals surface area contributed by atoms with Crippen LogP contribution in [-0.2, 0) is 5.92 Å². The number of anilines is 1. The van der Waals surface area contributed by atoms with Gasteiger partial charge in [-0.25, -0.2) is 9.97 Å². The van der Waals surface area contributed by atoms with E-state index in [0.29, 0.717) is 34.2 Å². The summed E-state index contributed by atoms with van der Waals surface area (Å²) in [5.74, 6) is -1.01. The Balaban J connectivity index is 1.70. The zero-order chi connectivity index (χ0) is 27.0. The Morgan fingerprint density at radius 1 is 1.19 bits per heavy atom. The smallest absolute Gasteiger partial charge is 0.295 e. The maximum absolute atomic E-state index is 14.1. The number of halogens is 2. The third-order valence-electron chi connectivity index (χ3n) is 7.15. The first kappa shape index (κ1) is 27.0. The van der Waals surface area contributed by atoms with E-state index in [2.05, 4.69) is 41.1 Å². The van der Waals surface area contributed by atoms with Crippen LogP contribution in [0.15, 0.2) is 36.4 Å². The fourth-order valence-electron chi connectivity index (χ4n) is 5.16. The lowest BCUT2D eigenvalue weighted by atomic mass is 9.96. The molecule has 1 aromatic heterocycles. The van der Waals surface area contributed by atoms with Crippen LogP contribution in [0.3, 0.4) is 0 Å². The number of benzene rings is 2. The zero-order valence-electron chi connectivity index (χ0n) is 22.3. The molecule has 0 unspecified atom stereocenters. The Morgan fingerprint density at radius 3 is 2.59 bits per heavy atom. The number of aromatic nitrogens is 2. The second-order valence-electron chi connectivity index (χ2n) is 10.3. The number of aliphatic hydroxyl groups excluding tert-OH is 1. The lowest BCUT2D eigenvalue weighted by Crippen LogP contribution is -2.48. The number of aliphatic hydroxyl groups is 1. The molecule has 0 saturated carbocycles. The molecule has 1 aliphatic rings. The van der Waals surface area contributed by atoms with Crippen molar-refractivity contribution in [1.29, 1.82) is 0 Å². The lowest BCUT2D eigenvalue weighted by molar-refractivity contribution is -0.0556. The van der Waals surface area contributed by atoms with Crippen molar-refractivity contribution in [2.45, 2.75) is 64.1 Å². The van der Waals surface area contributed by atoms with Crippen LogP contribution in [0.2, 0.25) is 0 Å². The van der Waals surface area contributed by atoms with E-state index >= 15 is 0 Å². The molecule has 3 aromatic rings. The number of aryl methyl sites for hydroxylation is 1. The highest BCUT2D eigenvalue weighted by atomic mass is 19.3. The van der Waals surface area contributed by atoms with Crippen LogP contribution in [0.4, 0.5) is 14.6 Å². The van der Waals surface area contributed by atoms with Crippen LogP contribution in [-0.4, -0.2) is 58.9 Å². The lowest BCUT2D eigenvalue weighted by Gasteiger charge is -2.36. The van der Waals surface area contributed by atoms with Gasteiger partial charge in [-0.1, -0.05) is 18.2 Å². The van der Waals surface area contributed by atoms with E-state index in [9.17, 15) is 8.78 Å². The molecule has 1 aliphatic heterocycles. The SMILES string of the molecule is COc1cc2nc(C)nc(N[C@H](C)c3cccc(C(F)(F)CO)c3)c2cc1OC(C)(C)[C@@H]1CCCN1C. The van der Waals surface area contributed by atoms with E-state index in [-0.39, 0.29) is 17.6 Å². The number of nitrogens with zero attached hydrogens (tertiary/aromatic N) is 3. The van der Waals surface area contributed by atoms with E-state index in [4.69, 9.17) is 14.6 Å². The molecule has 4 rings (SSSR count). The van der Waals surface area contributed by atoms with Gasteiger partial charge in [-0.15, -0.1) is 0 Å². The summed E-state index contributed by atoms with van der Waals surface area (Å²) in [6, 6.07) is 9.70. The van der Waals surface area contributed by atoms with Crippen molar-refractivity contribution < 1.29 is 23.4 Å². The van der Waals surface area contributed by atoms with Crippen molar-refractivity contribution in [3.8, 4) is 11.5 Å². The number of fused-ring (bicyclic) bond motifs is 1. The molecule has 2 atom stereocenters. The fraction of sp³-hybridized carbons (Fsp3) is 0.500. The highest BCUT2D eigenvalue weighted by Crippen LogP contribution is 2.39. The number of methoxy groups -OCH3 is 1. The van der Waals surface area contributed by atoms with Gasteiger partial charge >= 0.3 is 0 Å². The largest absolute Gasteiger partial charge is 0.493 e. The Labute approximate surface area is 216 Å². The summed E-state index contributed by atoms with van der Waals surface area (Å²) in [6.45, 7) is 7.64. The fourth-order valence-corrected chi connectivity index (χ4v) is 5.16. The topological polar surface area (TPSA) is 79.7 Å². The number of rotatable bonds is 9. The predicted octanol–water partition coefficient (Wildman–Crippen LogP) is 5.46.